The van der Waals surface area contributed by atoms with E-state index >= 15 is 0 Å². The molecule has 7 heteroatoms. The van der Waals surface area contributed by atoms with Gasteiger partial charge in [-0.3, -0.25) is 9.69 Å². The number of nitrogens with one attached hydrogen (secondary N) is 1. The number of hydrogen-bond donors (Lipinski definition) is 2. The van der Waals surface area contributed by atoms with Gasteiger partial charge in [0, 0.05) is 26.2 Å². The van der Waals surface area contributed by atoms with Crippen molar-refractivity contribution in [2.75, 3.05) is 31.5 Å². The number of urea groups is 1. The maximum atomic E-state index is 13.7. The highest BCUT2D eigenvalue weighted by Crippen LogP contribution is 2.22. The van der Waals surface area contributed by atoms with Crippen LogP contribution in [0.1, 0.15) is 11.6 Å². The summed E-state index contributed by atoms with van der Waals surface area (Å²) < 4.78 is 13.7. The van der Waals surface area contributed by atoms with E-state index < -0.39 is 17.8 Å². The molecule has 0 spiro atoms. The Morgan fingerprint density at radius 3 is 2.19 bits per heavy atom. The zero-order valence-electron chi connectivity index (χ0n) is 14.3. The number of halogens is 1. The fourth-order valence-electron chi connectivity index (χ4n) is 3.13. The van der Waals surface area contributed by atoms with Crippen molar-refractivity contribution in [3.05, 3.63) is 66.0 Å². The average Bonchev–Trinajstić information content (AvgIpc) is 2.65. The summed E-state index contributed by atoms with van der Waals surface area (Å²) in [4.78, 5) is 27.8. The van der Waals surface area contributed by atoms with E-state index in [1.807, 2.05) is 35.2 Å². The Morgan fingerprint density at radius 1 is 0.962 bits per heavy atom. The number of hydrogen-bond acceptors (Lipinski definition) is 3. The molecule has 1 aliphatic rings. The Morgan fingerprint density at radius 2 is 1.58 bits per heavy atom. The van der Waals surface area contributed by atoms with E-state index in [0.29, 0.717) is 26.2 Å². The number of carbonyl (C=O) groups excluding carboxylic acids is 2. The molecule has 3 N–H and O–H groups in total. The zero-order valence-corrected chi connectivity index (χ0v) is 14.3. The van der Waals surface area contributed by atoms with Crippen molar-refractivity contribution in [2.24, 2.45) is 5.73 Å². The van der Waals surface area contributed by atoms with E-state index in [1.54, 1.807) is 17.0 Å². The van der Waals surface area contributed by atoms with Crippen LogP contribution in [0.25, 0.3) is 0 Å². The molecule has 136 valence electrons. The van der Waals surface area contributed by atoms with E-state index in [9.17, 15) is 14.0 Å². The molecule has 1 atom stereocenters. The molecule has 0 unspecified atom stereocenters. The number of carbonyl (C=O) groups is 2. The van der Waals surface area contributed by atoms with E-state index in [1.165, 1.54) is 12.1 Å². The first kappa shape index (κ1) is 17.9. The maximum Gasteiger partial charge on any atom is 0.322 e. The van der Waals surface area contributed by atoms with Gasteiger partial charge in [-0.1, -0.05) is 42.5 Å². The van der Waals surface area contributed by atoms with E-state index in [-0.39, 0.29) is 11.7 Å². The van der Waals surface area contributed by atoms with Gasteiger partial charge in [0.15, 0.2) is 0 Å². The number of piperazine rings is 1. The first-order chi connectivity index (χ1) is 12.6. The lowest BCUT2D eigenvalue weighted by Crippen LogP contribution is -2.52. The summed E-state index contributed by atoms with van der Waals surface area (Å²) in [6.07, 6.45) is 0. The molecule has 0 aromatic heterocycles. The van der Waals surface area contributed by atoms with Crippen LogP contribution in [0.3, 0.4) is 0 Å². The molecule has 1 fully saturated rings. The monoisotopic (exact) mass is 356 g/mol. The number of rotatable bonds is 4. The van der Waals surface area contributed by atoms with E-state index in [0.717, 1.165) is 5.56 Å². The first-order valence-corrected chi connectivity index (χ1v) is 8.45. The minimum atomic E-state index is -0.520. The van der Waals surface area contributed by atoms with Crippen molar-refractivity contribution >= 4 is 17.6 Å². The van der Waals surface area contributed by atoms with Crippen molar-refractivity contribution in [1.29, 1.82) is 0 Å². The van der Waals surface area contributed by atoms with Crippen molar-refractivity contribution in [3.63, 3.8) is 0 Å². The number of para-hydroxylation sites is 1. The third-order valence-electron chi connectivity index (χ3n) is 4.47. The van der Waals surface area contributed by atoms with Crippen LogP contribution in [0.15, 0.2) is 54.6 Å². The summed E-state index contributed by atoms with van der Waals surface area (Å²) in [7, 11) is 0. The molecule has 1 heterocycles. The zero-order chi connectivity index (χ0) is 18.5. The highest BCUT2D eigenvalue weighted by Gasteiger charge is 2.30. The minimum Gasteiger partial charge on any atom is -0.368 e. The highest BCUT2D eigenvalue weighted by atomic mass is 19.1. The quantitative estimate of drug-likeness (QED) is 0.882. The Balaban J connectivity index is 1.62. The van der Waals surface area contributed by atoms with Gasteiger partial charge in [-0.25, -0.2) is 9.18 Å². The number of nitrogens with zero attached hydrogens (tertiary/aromatic N) is 2. The van der Waals surface area contributed by atoms with Gasteiger partial charge in [0.1, 0.15) is 11.9 Å². The Bertz CT molecular complexity index is 776. The molecule has 6 nitrogen and oxygen atoms in total. The minimum absolute atomic E-state index is 0.152. The maximum absolute atomic E-state index is 13.7. The molecule has 3 rings (SSSR count). The number of amides is 3. The van der Waals surface area contributed by atoms with Crippen LogP contribution in [0.5, 0.6) is 0 Å². The molecule has 1 saturated heterocycles. The molecule has 26 heavy (non-hydrogen) atoms. The Kier molecular flexibility index (Phi) is 5.48. The lowest BCUT2D eigenvalue weighted by Gasteiger charge is -2.38. The predicted octanol–water partition coefficient (Wildman–Crippen LogP) is 2.20. The predicted molar refractivity (Wildman–Crippen MR) is 96.9 cm³/mol. The van der Waals surface area contributed by atoms with Crippen molar-refractivity contribution in [1.82, 2.24) is 9.80 Å². The number of benzene rings is 2. The summed E-state index contributed by atoms with van der Waals surface area (Å²) in [5.74, 6) is -0.891. The molecule has 3 amide bonds. The second kappa shape index (κ2) is 7.97. The highest BCUT2D eigenvalue weighted by molar-refractivity contribution is 5.89. The summed E-state index contributed by atoms with van der Waals surface area (Å²) in [5, 5.41) is 2.58. The van der Waals surface area contributed by atoms with Gasteiger partial charge < -0.3 is 16.0 Å². The Hall–Kier alpha value is -2.93. The molecule has 2 aromatic rings. The molecule has 0 saturated carbocycles. The van der Waals surface area contributed by atoms with Crippen LogP contribution in [0.4, 0.5) is 14.9 Å². The lowest BCUT2D eigenvalue weighted by molar-refractivity contribution is -0.124. The molecule has 0 aliphatic carbocycles. The average molecular weight is 356 g/mol. The smallest absolute Gasteiger partial charge is 0.322 e. The topological polar surface area (TPSA) is 78.7 Å². The molecule has 2 aromatic carbocycles. The third kappa shape index (κ3) is 4.00. The van der Waals surface area contributed by atoms with Gasteiger partial charge in [0.05, 0.1) is 5.69 Å². The van der Waals surface area contributed by atoms with Crippen molar-refractivity contribution in [3.8, 4) is 0 Å². The van der Waals surface area contributed by atoms with Crippen molar-refractivity contribution < 1.29 is 14.0 Å². The van der Waals surface area contributed by atoms with E-state index in [4.69, 9.17) is 5.73 Å². The lowest BCUT2D eigenvalue weighted by atomic mass is 10.0. The number of primary amides is 1. The largest absolute Gasteiger partial charge is 0.368 e. The molecule has 0 radical (unpaired) electrons. The second-order valence-corrected chi connectivity index (χ2v) is 6.15. The fourth-order valence-corrected chi connectivity index (χ4v) is 3.13. The van der Waals surface area contributed by atoms with Gasteiger partial charge in [0.25, 0.3) is 0 Å². The SMILES string of the molecule is NC(=O)[C@H](c1ccccc1)N1CCN(C(=O)Nc2ccccc2F)CC1. The van der Waals surface area contributed by atoms with Crippen molar-refractivity contribution in [2.45, 2.75) is 6.04 Å². The van der Waals surface area contributed by atoms with Crippen LogP contribution >= 0.6 is 0 Å². The molecule has 0 bridgehead atoms. The number of nitrogens with two attached hydrogens (primary N) is 1. The number of anilines is 1. The van der Waals surface area contributed by atoms with Gasteiger partial charge in [0.2, 0.25) is 5.91 Å². The van der Waals surface area contributed by atoms with Gasteiger partial charge in [-0.05, 0) is 17.7 Å². The van der Waals surface area contributed by atoms with Crippen LogP contribution in [0, 0.1) is 5.82 Å². The van der Waals surface area contributed by atoms with Gasteiger partial charge in [-0.15, -0.1) is 0 Å². The first-order valence-electron chi connectivity index (χ1n) is 8.45. The van der Waals surface area contributed by atoms with Gasteiger partial charge in [-0.2, -0.15) is 0 Å². The van der Waals surface area contributed by atoms with Gasteiger partial charge >= 0.3 is 6.03 Å². The summed E-state index contributed by atoms with van der Waals surface area (Å²) in [6, 6.07) is 14.5. The molecular weight excluding hydrogens is 335 g/mol. The summed E-state index contributed by atoms with van der Waals surface area (Å²) >= 11 is 0. The third-order valence-corrected chi connectivity index (χ3v) is 4.47. The summed E-state index contributed by atoms with van der Waals surface area (Å²) in [6.45, 7) is 1.87. The molecule has 1 aliphatic heterocycles. The Labute approximate surface area is 151 Å². The van der Waals surface area contributed by atoms with Crippen LogP contribution < -0.4 is 11.1 Å². The van der Waals surface area contributed by atoms with Crippen LogP contribution in [0.2, 0.25) is 0 Å². The second-order valence-electron chi connectivity index (χ2n) is 6.15. The standard InChI is InChI=1S/C19H21FN4O2/c20-15-8-4-5-9-16(15)22-19(26)24-12-10-23(11-13-24)17(18(21)25)14-6-2-1-3-7-14/h1-9,17H,10-13H2,(H2,21,25)(H,22,26)/t17-/m0/s1. The van der Waals surface area contributed by atoms with Crippen LogP contribution in [-0.4, -0.2) is 47.9 Å². The van der Waals surface area contributed by atoms with E-state index in [2.05, 4.69) is 5.32 Å². The van der Waals surface area contributed by atoms with Crippen LogP contribution in [-0.2, 0) is 4.79 Å². The molecular formula is C19H21FN4O2. The fraction of sp³-hybridized carbons (Fsp3) is 0.263. The normalized spacial score (nSPS) is 16.1. The summed E-state index contributed by atoms with van der Waals surface area (Å²) in [5.41, 5.74) is 6.59.